The molecular formula is C21H32N2O7. The molecule has 2 amide bonds. The number of methoxy groups -OCH3 is 1. The lowest BCUT2D eigenvalue weighted by molar-refractivity contribution is -0.154. The lowest BCUT2D eigenvalue weighted by Crippen LogP contribution is -2.60. The average Bonchev–Trinajstić information content (AvgIpc) is 2.61. The van der Waals surface area contributed by atoms with E-state index in [1.807, 2.05) is 0 Å². The molecule has 9 heteroatoms. The number of esters is 1. The Morgan fingerprint density at radius 2 is 1.53 bits per heavy atom. The SMILES string of the molecule is COC(=O)[C@@H](O)[C@@H](Cc1ccccc1)N(NC(=O)OC(C)(C)C)C(=O)OC(C)(C)C. The zero-order valence-corrected chi connectivity index (χ0v) is 18.6. The molecule has 0 unspecified atom stereocenters. The summed E-state index contributed by atoms with van der Waals surface area (Å²) in [5, 5.41) is 11.4. The molecule has 1 aromatic carbocycles. The van der Waals surface area contributed by atoms with Crippen molar-refractivity contribution in [2.45, 2.75) is 71.3 Å². The minimum atomic E-state index is -1.75. The van der Waals surface area contributed by atoms with Crippen LogP contribution in [0.5, 0.6) is 0 Å². The number of carbonyl (C=O) groups is 3. The fourth-order valence-electron chi connectivity index (χ4n) is 2.45. The summed E-state index contributed by atoms with van der Waals surface area (Å²) in [5.74, 6) is -0.963. The van der Waals surface area contributed by atoms with Crippen molar-refractivity contribution in [2.75, 3.05) is 7.11 Å². The van der Waals surface area contributed by atoms with Crippen LogP contribution in [0.2, 0.25) is 0 Å². The Kier molecular flexibility index (Phi) is 8.65. The molecule has 0 aliphatic rings. The summed E-state index contributed by atoms with van der Waals surface area (Å²) in [6, 6.07) is 7.66. The molecule has 2 atom stereocenters. The number of hydrogen-bond acceptors (Lipinski definition) is 7. The van der Waals surface area contributed by atoms with Gasteiger partial charge in [0.1, 0.15) is 11.2 Å². The van der Waals surface area contributed by atoms with Gasteiger partial charge in [0, 0.05) is 0 Å². The van der Waals surface area contributed by atoms with E-state index in [0.717, 1.165) is 12.1 Å². The van der Waals surface area contributed by atoms with E-state index in [4.69, 9.17) is 9.47 Å². The van der Waals surface area contributed by atoms with Crippen LogP contribution in [-0.2, 0) is 25.4 Å². The number of aliphatic hydroxyl groups is 1. The van der Waals surface area contributed by atoms with Crippen LogP contribution in [0, 0.1) is 0 Å². The summed E-state index contributed by atoms with van der Waals surface area (Å²) < 4.78 is 15.2. The largest absolute Gasteiger partial charge is 0.467 e. The summed E-state index contributed by atoms with van der Waals surface area (Å²) >= 11 is 0. The van der Waals surface area contributed by atoms with Crippen LogP contribution < -0.4 is 5.43 Å². The van der Waals surface area contributed by atoms with E-state index in [1.54, 1.807) is 71.9 Å². The topological polar surface area (TPSA) is 114 Å². The highest BCUT2D eigenvalue weighted by Gasteiger charge is 2.39. The van der Waals surface area contributed by atoms with Crippen LogP contribution in [0.3, 0.4) is 0 Å². The lowest BCUT2D eigenvalue weighted by atomic mass is 10.0. The van der Waals surface area contributed by atoms with Crippen molar-refractivity contribution < 1.29 is 33.7 Å². The molecular weight excluding hydrogens is 392 g/mol. The van der Waals surface area contributed by atoms with Gasteiger partial charge in [-0.05, 0) is 53.5 Å². The Hall–Kier alpha value is -2.81. The second-order valence-electron chi connectivity index (χ2n) is 8.69. The zero-order valence-electron chi connectivity index (χ0n) is 18.6. The van der Waals surface area contributed by atoms with Crippen LogP contribution in [0.25, 0.3) is 0 Å². The van der Waals surface area contributed by atoms with Crippen molar-refractivity contribution in [3.8, 4) is 0 Å². The van der Waals surface area contributed by atoms with Gasteiger partial charge in [0.15, 0.2) is 6.10 Å². The number of hydrogen-bond donors (Lipinski definition) is 2. The Labute approximate surface area is 177 Å². The quantitative estimate of drug-likeness (QED) is 0.424. The monoisotopic (exact) mass is 424 g/mol. The molecule has 2 N–H and O–H groups in total. The summed E-state index contributed by atoms with van der Waals surface area (Å²) in [5.41, 5.74) is 1.29. The van der Waals surface area contributed by atoms with Crippen molar-refractivity contribution in [2.24, 2.45) is 0 Å². The molecule has 30 heavy (non-hydrogen) atoms. The van der Waals surface area contributed by atoms with E-state index >= 15 is 0 Å². The molecule has 0 aliphatic heterocycles. The molecule has 0 saturated heterocycles. The van der Waals surface area contributed by atoms with Crippen LogP contribution in [0.4, 0.5) is 9.59 Å². The minimum Gasteiger partial charge on any atom is -0.467 e. The predicted octanol–water partition coefficient (Wildman–Crippen LogP) is 2.81. The van der Waals surface area contributed by atoms with Crippen LogP contribution in [0.1, 0.15) is 47.1 Å². The predicted molar refractivity (Wildman–Crippen MR) is 109 cm³/mol. The third-order valence-electron chi connectivity index (χ3n) is 3.63. The number of hydrazine groups is 1. The Balaban J connectivity index is 3.31. The van der Waals surface area contributed by atoms with Gasteiger partial charge in [-0.15, -0.1) is 0 Å². The lowest BCUT2D eigenvalue weighted by Gasteiger charge is -2.35. The van der Waals surface area contributed by atoms with Gasteiger partial charge in [0.05, 0.1) is 13.2 Å². The van der Waals surface area contributed by atoms with Crippen molar-refractivity contribution in [1.29, 1.82) is 0 Å². The number of aliphatic hydroxyl groups excluding tert-OH is 1. The summed E-state index contributed by atoms with van der Waals surface area (Å²) in [6.07, 6.45) is -3.62. The second-order valence-corrected chi connectivity index (χ2v) is 8.69. The summed E-state index contributed by atoms with van der Waals surface area (Å²) in [7, 11) is 1.12. The third kappa shape index (κ3) is 8.69. The molecule has 0 heterocycles. The van der Waals surface area contributed by atoms with E-state index in [1.165, 1.54) is 0 Å². The Morgan fingerprint density at radius 1 is 1.00 bits per heavy atom. The molecule has 0 aromatic heterocycles. The Morgan fingerprint density at radius 3 is 2.00 bits per heavy atom. The summed E-state index contributed by atoms with van der Waals surface area (Å²) in [6.45, 7) is 9.94. The van der Waals surface area contributed by atoms with Crippen molar-refractivity contribution in [3.05, 3.63) is 35.9 Å². The average molecular weight is 424 g/mol. The first-order valence-electron chi connectivity index (χ1n) is 9.55. The first kappa shape index (κ1) is 25.2. The molecule has 1 rings (SSSR count). The molecule has 168 valence electrons. The van der Waals surface area contributed by atoms with Gasteiger partial charge < -0.3 is 19.3 Å². The molecule has 9 nitrogen and oxygen atoms in total. The number of amides is 2. The van der Waals surface area contributed by atoms with Gasteiger partial charge >= 0.3 is 18.2 Å². The van der Waals surface area contributed by atoms with Crippen molar-refractivity contribution in [1.82, 2.24) is 10.4 Å². The first-order chi connectivity index (χ1) is 13.7. The Bertz CT molecular complexity index is 723. The number of carbonyl (C=O) groups excluding carboxylic acids is 3. The van der Waals surface area contributed by atoms with E-state index in [9.17, 15) is 19.5 Å². The molecule has 0 radical (unpaired) electrons. The van der Waals surface area contributed by atoms with Gasteiger partial charge in [0.25, 0.3) is 0 Å². The van der Waals surface area contributed by atoms with E-state index in [-0.39, 0.29) is 6.42 Å². The van der Waals surface area contributed by atoms with Crippen LogP contribution in [0.15, 0.2) is 30.3 Å². The van der Waals surface area contributed by atoms with Crippen molar-refractivity contribution >= 4 is 18.2 Å². The highest BCUT2D eigenvalue weighted by atomic mass is 16.6. The molecule has 0 spiro atoms. The number of ether oxygens (including phenoxy) is 3. The standard InChI is InChI=1S/C21H32N2O7/c1-20(2,3)29-18(26)22-23(19(27)30-21(4,5)6)15(16(24)17(25)28-7)13-14-11-9-8-10-12-14/h8-12,15-16,24H,13H2,1-7H3,(H,22,26)/t15-,16+/m1/s1. The second kappa shape index (κ2) is 10.3. The summed E-state index contributed by atoms with van der Waals surface area (Å²) in [4.78, 5) is 37.3. The number of benzene rings is 1. The molecule has 1 aromatic rings. The smallest absolute Gasteiger partial charge is 0.429 e. The maximum Gasteiger partial charge on any atom is 0.429 e. The van der Waals surface area contributed by atoms with E-state index in [2.05, 4.69) is 10.2 Å². The normalized spacial score (nSPS) is 13.6. The number of rotatable bonds is 5. The van der Waals surface area contributed by atoms with E-state index < -0.39 is 41.5 Å². The molecule has 0 saturated carbocycles. The highest BCUT2D eigenvalue weighted by Crippen LogP contribution is 2.18. The maximum atomic E-state index is 12.9. The van der Waals surface area contributed by atoms with Crippen LogP contribution >= 0.6 is 0 Å². The van der Waals surface area contributed by atoms with Gasteiger partial charge in [-0.1, -0.05) is 30.3 Å². The van der Waals surface area contributed by atoms with Crippen molar-refractivity contribution in [3.63, 3.8) is 0 Å². The number of nitrogens with zero attached hydrogens (tertiary/aromatic N) is 1. The molecule has 0 aliphatic carbocycles. The van der Waals surface area contributed by atoms with Gasteiger partial charge in [-0.3, -0.25) is 0 Å². The minimum absolute atomic E-state index is 0.0339. The fraction of sp³-hybridized carbons (Fsp3) is 0.571. The maximum absolute atomic E-state index is 12.9. The van der Waals surface area contributed by atoms with Crippen LogP contribution in [-0.4, -0.2) is 58.7 Å². The van der Waals surface area contributed by atoms with E-state index in [0.29, 0.717) is 5.56 Å². The molecule has 0 bridgehead atoms. The zero-order chi connectivity index (χ0) is 23.1. The highest BCUT2D eigenvalue weighted by molar-refractivity contribution is 5.78. The third-order valence-corrected chi connectivity index (χ3v) is 3.63. The number of nitrogens with one attached hydrogen (secondary N) is 1. The van der Waals surface area contributed by atoms with Gasteiger partial charge in [0.2, 0.25) is 0 Å². The molecule has 0 fully saturated rings. The van der Waals surface area contributed by atoms with Gasteiger partial charge in [-0.25, -0.2) is 24.8 Å². The van der Waals surface area contributed by atoms with Gasteiger partial charge in [-0.2, -0.15) is 0 Å². The fourth-order valence-corrected chi connectivity index (χ4v) is 2.45. The first-order valence-corrected chi connectivity index (χ1v) is 9.55.